The SMILES string of the molecule is CC.CC(=O)C(C)(C)CC(C)C.CC1CC(=O)NC1=O. The highest BCUT2D eigenvalue weighted by Gasteiger charge is 2.25. The average Bonchev–Trinajstić information content (AvgIpc) is 2.58. The number of carbonyl (C=O) groups excluding carboxylic acids is 3. The molecule has 1 saturated heterocycles. The van der Waals surface area contributed by atoms with E-state index in [4.69, 9.17) is 0 Å². The summed E-state index contributed by atoms with van der Waals surface area (Å²) in [5.41, 5.74) is -0.117. The van der Waals surface area contributed by atoms with E-state index in [1.807, 2.05) is 27.7 Å². The normalized spacial score (nSPS) is 17.8. The van der Waals surface area contributed by atoms with E-state index in [9.17, 15) is 14.4 Å². The van der Waals surface area contributed by atoms with Crippen molar-refractivity contribution in [1.82, 2.24) is 5.32 Å². The Morgan fingerprint density at radius 1 is 1.30 bits per heavy atom. The summed E-state index contributed by atoms with van der Waals surface area (Å²) in [5.74, 6) is 0.500. The largest absolute Gasteiger partial charge is 0.299 e. The molecule has 1 fully saturated rings. The van der Waals surface area contributed by atoms with Crippen LogP contribution in [-0.2, 0) is 14.4 Å². The van der Waals surface area contributed by atoms with Gasteiger partial charge < -0.3 is 0 Å². The van der Waals surface area contributed by atoms with Gasteiger partial charge in [-0.25, -0.2) is 0 Å². The minimum atomic E-state index is -0.150. The van der Waals surface area contributed by atoms with Gasteiger partial charge in [0.15, 0.2) is 0 Å². The molecule has 0 radical (unpaired) electrons. The minimum absolute atomic E-state index is 0.109. The highest BCUT2D eigenvalue weighted by molar-refractivity contribution is 6.03. The summed E-state index contributed by atoms with van der Waals surface area (Å²) in [6.45, 7) is 15.7. The summed E-state index contributed by atoms with van der Waals surface area (Å²) in [7, 11) is 0. The second-order valence-corrected chi connectivity index (χ2v) is 6.06. The van der Waals surface area contributed by atoms with Gasteiger partial charge in [0.1, 0.15) is 5.78 Å². The van der Waals surface area contributed by atoms with Crippen LogP contribution in [-0.4, -0.2) is 17.6 Å². The first-order valence-corrected chi connectivity index (χ1v) is 7.41. The maximum Gasteiger partial charge on any atom is 0.229 e. The zero-order chi connectivity index (χ0) is 16.5. The summed E-state index contributed by atoms with van der Waals surface area (Å²) in [4.78, 5) is 31.8. The smallest absolute Gasteiger partial charge is 0.229 e. The molecule has 20 heavy (non-hydrogen) atoms. The monoisotopic (exact) mass is 285 g/mol. The predicted molar refractivity (Wildman–Crippen MR) is 82.2 cm³/mol. The van der Waals surface area contributed by atoms with Gasteiger partial charge in [-0.05, 0) is 19.3 Å². The Kier molecular flexibility index (Phi) is 10.2. The molecule has 4 nitrogen and oxygen atoms in total. The van der Waals surface area contributed by atoms with Gasteiger partial charge in [-0.2, -0.15) is 0 Å². The molecule has 0 spiro atoms. The number of carbonyl (C=O) groups is 3. The third-order valence-corrected chi connectivity index (χ3v) is 3.07. The maximum atomic E-state index is 11.0. The van der Waals surface area contributed by atoms with Gasteiger partial charge in [-0.1, -0.05) is 48.5 Å². The Balaban J connectivity index is 0. The Bertz CT molecular complexity index is 333. The molecule has 0 saturated carbocycles. The van der Waals surface area contributed by atoms with E-state index in [2.05, 4.69) is 19.2 Å². The van der Waals surface area contributed by atoms with Crippen LogP contribution in [0.15, 0.2) is 0 Å². The number of amides is 2. The lowest BCUT2D eigenvalue weighted by Gasteiger charge is -2.22. The van der Waals surface area contributed by atoms with Crippen LogP contribution < -0.4 is 5.32 Å². The molecule has 0 aliphatic carbocycles. The van der Waals surface area contributed by atoms with Crippen molar-refractivity contribution in [3.63, 3.8) is 0 Å². The highest BCUT2D eigenvalue weighted by Crippen LogP contribution is 2.25. The number of ketones is 1. The van der Waals surface area contributed by atoms with Crippen LogP contribution in [0.2, 0.25) is 0 Å². The van der Waals surface area contributed by atoms with Gasteiger partial charge in [0.05, 0.1) is 0 Å². The summed E-state index contributed by atoms with van der Waals surface area (Å²) in [5, 5.41) is 2.19. The number of hydrogen-bond acceptors (Lipinski definition) is 3. The van der Waals surface area contributed by atoms with E-state index in [1.165, 1.54) is 0 Å². The van der Waals surface area contributed by atoms with Gasteiger partial charge in [-0.3, -0.25) is 19.7 Å². The quantitative estimate of drug-likeness (QED) is 0.809. The van der Waals surface area contributed by atoms with Crippen molar-refractivity contribution in [3.8, 4) is 0 Å². The summed E-state index contributed by atoms with van der Waals surface area (Å²) < 4.78 is 0. The fraction of sp³-hybridized carbons (Fsp3) is 0.812. The van der Waals surface area contributed by atoms with E-state index in [-0.39, 0.29) is 23.1 Å². The number of Topliss-reactive ketones (excluding diaryl/α,β-unsaturated/α-hetero) is 1. The van der Waals surface area contributed by atoms with Crippen molar-refractivity contribution in [1.29, 1.82) is 0 Å². The van der Waals surface area contributed by atoms with Crippen LogP contribution in [0.25, 0.3) is 0 Å². The van der Waals surface area contributed by atoms with E-state index in [1.54, 1.807) is 13.8 Å². The van der Waals surface area contributed by atoms with E-state index < -0.39 is 0 Å². The van der Waals surface area contributed by atoms with Crippen molar-refractivity contribution in [2.75, 3.05) is 0 Å². The molecule has 118 valence electrons. The predicted octanol–water partition coefficient (Wildman–Crippen LogP) is 3.34. The van der Waals surface area contributed by atoms with Crippen molar-refractivity contribution in [2.24, 2.45) is 17.3 Å². The van der Waals surface area contributed by atoms with Crippen LogP contribution in [0.3, 0.4) is 0 Å². The topological polar surface area (TPSA) is 63.2 Å². The molecule has 0 aromatic heterocycles. The van der Waals surface area contributed by atoms with Crippen LogP contribution in [0.1, 0.15) is 68.2 Å². The first kappa shape index (κ1) is 21.1. The number of imide groups is 1. The Morgan fingerprint density at radius 2 is 1.75 bits per heavy atom. The average molecular weight is 285 g/mol. The highest BCUT2D eigenvalue weighted by atomic mass is 16.2. The first-order chi connectivity index (χ1) is 9.06. The third-order valence-electron chi connectivity index (χ3n) is 3.07. The van der Waals surface area contributed by atoms with Gasteiger partial charge in [0.25, 0.3) is 0 Å². The Hall–Kier alpha value is -1.19. The molecule has 1 unspecified atom stereocenters. The van der Waals surface area contributed by atoms with E-state index in [0.29, 0.717) is 18.1 Å². The molecular weight excluding hydrogens is 254 g/mol. The van der Waals surface area contributed by atoms with Crippen LogP contribution >= 0.6 is 0 Å². The zero-order valence-corrected chi connectivity index (χ0v) is 14.3. The van der Waals surface area contributed by atoms with E-state index >= 15 is 0 Å². The molecule has 1 aliphatic heterocycles. The molecule has 0 bridgehead atoms. The first-order valence-electron chi connectivity index (χ1n) is 7.41. The van der Waals surface area contributed by atoms with Crippen molar-refractivity contribution < 1.29 is 14.4 Å². The van der Waals surface area contributed by atoms with Crippen molar-refractivity contribution >= 4 is 17.6 Å². The zero-order valence-electron chi connectivity index (χ0n) is 14.3. The van der Waals surface area contributed by atoms with Gasteiger partial charge in [0, 0.05) is 17.8 Å². The maximum absolute atomic E-state index is 11.0. The molecular formula is C16H31NO3. The number of nitrogens with one attached hydrogen (secondary N) is 1. The molecule has 0 aromatic rings. The van der Waals surface area contributed by atoms with Crippen molar-refractivity contribution in [2.45, 2.75) is 68.2 Å². The van der Waals surface area contributed by atoms with Crippen LogP contribution in [0.5, 0.6) is 0 Å². The summed E-state index contributed by atoms with van der Waals surface area (Å²) in [6, 6.07) is 0. The fourth-order valence-electron chi connectivity index (χ4n) is 1.85. The Morgan fingerprint density at radius 3 is 1.85 bits per heavy atom. The van der Waals surface area contributed by atoms with Crippen molar-refractivity contribution in [3.05, 3.63) is 0 Å². The van der Waals surface area contributed by atoms with E-state index in [0.717, 1.165) is 6.42 Å². The minimum Gasteiger partial charge on any atom is -0.299 e. The second-order valence-electron chi connectivity index (χ2n) is 6.06. The fourth-order valence-corrected chi connectivity index (χ4v) is 1.85. The van der Waals surface area contributed by atoms with Gasteiger partial charge in [0.2, 0.25) is 11.8 Å². The molecule has 4 heteroatoms. The second kappa shape index (κ2) is 9.67. The van der Waals surface area contributed by atoms with Gasteiger partial charge >= 0.3 is 0 Å². The lowest BCUT2D eigenvalue weighted by Crippen LogP contribution is -2.23. The lowest BCUT2D eigenvalue weighted by atomic mass is 9.81. The third kappa shape index (κ3) is 8.83. The van der Waals surface area contributed by atoms with Gasteiger partial charge in [-0.15, -0.1) is 0 Å². The summed E-state index contributed by atoms with van der Waals surface area (Å²) >= 11 is 0. The molecule has 1 rings (SSSR count). The molecule has 1 N–H and O–H groups in total. The number of hydrogen-bond donors (Lipinski definition) is 1. The molecule has 1 heterocycles. The molecule has 2 amide bonds. The Labute approximate surface area is 123 Å². The molecule has 1 aliphatic rings. The summed E-state index contributed by atoms with van der Waals surface area (Å²) in [6.07, 6.45) is 1.35. The molecule has 0 aromatic carbocycles. The number of rotatable bonds is 3. The van der Waals surface area contributed by atoms with Crippen LogP contribution in [0.4, 0.5) is 0 Å². The molecule has 1 atom stereocenters. The van der Waals surface area contributed by atoms with Crippen LogP contribution in [0, 0.1) is 17.3 Å². The standard InChI is InChI=1S/C9H18O.C5H7NO2.C2H6/c1-7(2)6-9(4,5)8(3)10;1-3-2-4(7)6-5(3)8;1-2/h7H,6H2,1-5H3;3H,2H2,1H3,(H,6,7,8);1-2H3. The lowest BCUT2D eigenvalue weighted by molar-refractivity contribution is -0.126.